The molecule has 0 saturated heterocycles. The largest absolute Gasteiger partial charge is 0.497 e. The van der Waals surface area contributed by atoms with Gasteiger partial charge < -0.3 is 19.5 Å². The van der Waals surface area contributed by atoms with Gasteiger partial charge in [-0.2, -0.15) is 0 Å². The van der Waals surface area contributed by atoms with Crippen LogP contribution < -0.4 is 14.8 Å². The number of ether oxygens (including phenoxy) is 3. The number of rotatable bonds is 6. The Kier molecular flexibility index (Phi) is 4.99. The number of nitrogens with zero attached hydrogens (tertiary/aromatic N) is 1. The standard InChI is InChI=1S/C14H16N2O4S/c1-18-10-5-4-9(12(6-10)19-2)7-15-14-16-11(8-21-14)13(17)20-3/h4-6,8H,7H2,1-3H3,(H,15,16). The molecule has 1 heterocycles. The smallest absolute Gasteiger partial charge is 0.357 e. The summed E-state index contributed by atoms with van der Waals surface area (Å²) in [6.07, 6.45) is 0. The predicted molar refractivity (Wildman–Crippen MR) is 80.3 cm³/mol. The van der Waals surface area contributed by atoms with E-state index < -0.39 is 5.97 Å². The molecule has 1 aromatic heterocycles. The first-order valence-corrected chi connectivity index (χ1v) is 7.04. The first-order valence-electron chi connectivity index (χ1n) is 6.16. The van der Waals surface area contributed by atoms with Crippen LogP contribution in [0.1, 0.15) is 16.1 Å². The van der Waals surface area contributed by atoms with E-state index in [1.165, 1.54) is 18.4 Å². The highest BCUT2D eigenvalue weighted by atomic mass is 32.1. The molecule has 0 atom stereocenters. The van der Waals surface area contributed by atoms with Crippen LogP contribution in [0, 0.1) is 0 Å². The van der Waals surface area contributed by atoms with Crippen LogP contribution in [0.5, 0.6) is 11.5 Å². The van der Waals surface area contributed by atoms with Gasteiger partial charge in [0.25, 0.3) is 0 Å². The summed E-state index contributed by atoms with van der Waals surface area (Å²) in [6.45, 7) is 0.529. The van der Waals surface area contributed by atoms with Crippen LogP contribution in [0.15, 0.2) is 23.6 Å². The zero-order valence-electron chi connectivity index (χ0n) is 12.0. The lowest BCUT2D eigenvalue weighted by Crippen LogP contribution is -2.04. The highest BCUT2D eigenvalue weighted by molar-refractivity contribution is 7.13. The lowest BCUT2D eigenvalue weighted by molar-refractivity contribution is 0.0595. The molecule has 0 amide bonds. The molecule has 2 aromatic rings. The number of hydrogen-bond donors (Lipinski definition) is 1. The number of nitrogens with one attached hydrogen (secondary N) is 1. The second-order valence-electron chi connectivity index (χ2n) is 4.06. The minimum atomic E-state index is -0.443. The van der Waals surface area contributed by atoms with Gasteiger partial charge in [0.05, 0.1) is 21.3 Å². The molecule has 6 nitrogen and oxygen atoms in total. The van der Waals surface area contributed by atoms with Gasteiger partial charge in [-0.15, -0.1) is 11.3 Å². The zero-order valence-corrected chi connectivity index (χ0v) is 12.8. The SMILES string of the molecule is COC(=O)c1csc(NCc2ccc(OC)cc2OC)n1. The fraction of sp³-hybridized carbons (Fsp3) is 0.286. The van der Waals surface area contributed by atoms with Crippen molar-refractivity contribution >= 4 is 22.4 Å². The van der Waals surface area contributed by atoms with Crippen LogP contribution in [-0.4, -0.2) is 32.3 Å². The number of methoxy groups -OCH3 is 3. The van der Waals surface area contributed by atoms with Gasteiger partial charge in [-0.05, 0) is 12.1 Å². The molecule has 1 aromatic carbocycles. The Morgan fingerprint density at radius 1 is 1.29 bits per heavy atom. The van der Waals surface area contributed by atoms with Crippen molar-refractivity contribution in [3.05, 3.63) is 34.8 Å². The third-order valence-electron chi connectivity index (χ3n) is 2.82. The maximum absolute atomic E-state index is 11.3. The predicted octanol–water partition coefficient (Wildman–Crippen LogP) is 2.56. The van der Waals surface area contributed by atoms with Gasteiger partial charge in [-0.3, -0.25) is 0 Å². The van der Waals surface area contributed by atoms with E-state index in [1.54, 1.807) is 19.6 Å². The number of anilines is 1. The fourth-order valence-corrected chi connectivity index (χ4v) is 2.40. The summed E-state index contributed by atoms with van der Waals surface area (Å²) in [7, 11) is 4.55. The van der Waals surface area contributed by atoms with Crippen molar-refractivity contribution in [2.75, 3.05) is 26.6 Å². The van der Waals surface area contributed by atoms with Crippen molar-refractivity contribution in [3.8, 4) is 11.5 Å². The molecule has 1 N–H and O–H groups in total. The third kappa shape index (κ3) is 3.63. The van der Waals surface area contributed by atoms with Crippen LogP contribution in [0.3, 0.4) is 0 Å². The van der Waals surface area contributed by atoms with Gasteiger partial charge in [0.2, 0.25) is 0 Å². The van der Waals surface area contributed by atoms with Crippen LogP contribution in [-0.2, 0) is 11.3 Å². The molecule has 0 radical (unpaired) electrons. The van der Waals surface area contributed by atoms with Gasteiger partial charge in [-0.1, -0.05) is 0 Å². The molecule has 0 aliphatic heterocycles. The molecule has 0 saturated carbocycles. The molecule has 112 valence electrons. The van der Waals surface area contributed by atoms with Gasteiger partial charge in [0.1, 0.15) is 11.5 Å². The molecule has 7 heteroatoms. The Bertz CT molecular complexity index is 627. The minimum Gasteiger partial charge on any atom is -0.497 e. The van der Waals surface area contributed by atoms with E-state index in [0.29, 0.717) is 17.4 Å². The van der Waals surface area contributed by atoms with Crippen molar-refractivity contribution in [1.82, 2.24) is 4.98 Å². The summed E-state index contributed by atoms with van der Waals surface area (Å²) in [6, 6.07) is 5.60. The number of hydrogen-bond acceptors (Lipinski definition) is 7. The molecule has 0 fully saturated rings. The van der Waals surface area contributed by atoms with Crippen molar-refractivity contribution in [2.24, 2.45) is 0 Å². The third-order valence-corrected chi connectivity index (χ3v) is 3.62. The summed E-state index contributed by atoms with van der Waals surface area (Å²) in [5.41, 5.74) is 1.26. The van der Waals surface area contributed by atoms with E-state index in [0.717, 1.165) is 17.1 Å². The summed E-state index contributed by atoms with van der Waals surface area (Å²) in [4.78, 5) is 15.5. The van der Waals surface area contributed by atoms with Gasteiger partial charge in [0.15, 0.2) is 10.8 Å². The van der Waals surface area contributed by atoms with Crippen molar-refractivity contribution in [3.63, 3.8) is 0 Å². The molecular weight excluding hydrogens is 292 g/mol. The molecule has 21 heavy (non-hydrogen) atoms. The lowest BCUT2D eigenvalue weighted by Gasteiger charge is -2.10. The average molecular weight is 308 g/mol. The Balaban J connectivity index is 2.06. The molecule has 0 spiro atoms. The average Bonchev–Trinajstić information content (AvgIpc) is 3.00. The van der Waals surface area contributed by atoms with Gasteiger partial charge in [-0.25, -0.2) is 9.78 Å². The number of carbonyl (C=O) groups excluding carboxylic acids is 1. The number of aromatic nitrogens is 1. The Labute approximate surface area is 126 Å². The molecular formula is C14H16N2O4S. The number of thiazole rings is 1. The summed E-state index contributed by atoms with van der Waals surface area (Å²) in [5.74, 6) is 1.02. The lowest BCUT2D eigenvalue weighted by atomic mass is 10.2. The number of benzene rings is 1. The van der Waals surface area contributed by atoms with Crippen molar-refractivity contribution in [1.29, 1.82) is 0 Å². The molecule has 0 unspecified atom stereocenters. The Morgan fingerprint density at radius 3 is 2.76 bits per heavy atom. The fourth-order valence-electron chi connectivity index (χ4n) is 1.72. The highest BCUT2D eigenvalue weighted by Crippen LogP contribution is 2.26. The summed E-state index contributed by atoms with van der Waals surface area (Å²) < 4.78 is 15.1. The first kappa shape index (κ1) is 15.1. The van der Waals surface area contributed by atoms with E-state index in [-0.39, 0.29) is 0 Å². The van der Waals surface area contributed by atoms with Crippen molar-refractivity contribution < 1.29 is 19.0 Å². The summed E-state index contributed by atoms with van der Waals surface area (Å²) in [5, 5.41) is 5.45. The highest BCUT2D eigenvalue weighted by Gasteiger charge is 2.11. The molecule has 0 bridgehead atoms. The normalized spacial score (nSPS) is 10.0. The number of carbonyl (C=O) groups is 1. The Morgan fingerprint density at radius 2 is 2.10 bits per heavy atom. The second-order valence-corrected chi connectivity index (χ2v) is 4.92. The monoisotopic (exact) mass is 308 g/mol. The van der Waals surface area contributed by atoms with Crippen LogP contribution in [0.2, 0.25) is 0 Å². The second kappa shape index (κ2) is 6.94. The maximum Gasteiger partial charge on any atom is 0.357 e. The van der Waals surface area contributed by atoms with E-state index in [9.17, 15) is 4.79 Å². The van der Waals surface area contributed by atoms with Gasteiger partial charge >= 0.3 is 5.97 Å². The minimum absolute atomic E-state index is 0.298. The van der Waals surface area contributed by atoms with Crippen LogP contribution in [0.4, 0.5) is 5.13 Å². The molecule has 0 aliphatic carbocycles. The molecule has 0 aliphatic rings. The first-order chi connectivity index (χ1) is 10.2. The topological polar surface area (TPSA) is 69.7 Å². The van der Waals surface area contributed by atoms with Crippen LogP contribution >= 0.6 is 11.3 Å². The number of esters is 1. The van der Waals surface area contributed by atoms with E-state index in [1.807, 2.05) is 18.2 Å². The van der Waals surface area contributed by atoms with Gasteiger partial charge in [0, 0.05) is 23.6 Å². The zero-order chi connectivity index (χ0) is 15.2. The summed E-state index contributed by atoms with van der Waals surface area (Å²) >= 11 is 1.35. The Hall–Kier alpha value is -2.28. The quantitative estimate of drug-likeness (QED) is 0.827. The van der Waals surface area contributed by atoms with E-state index >= 15 is 0 Å². The van der Waals surface area contributed by atoms with Crippen molar-refractivity contribution in [2.45, 2.75) is 6.54 Å². The maximum atomic E-state index is 11.3. The van der Waals surface area contributed by atoms with Crippen LogP contribution in [0.25, 0.3) is 0 Å². The van der Waals surface area contributed by atoms with E-state index in [2.05, 4.69) is 15.0 Å². The molecule has 2 rings (SSSR count). The van der Waals surface area contributed by atoms with E-state index in [4.69, 9.17) is 9.47 Å².